The topological polar surface area (TPSA) is 18.8 Å². The van der Waals surface area contributed by atoms with Crippen molar-refractivity contribution in [3.8, 4) is 0 Å². The molecule has 23 heavy (non-hydrogen) atoms. The maximum Gasteiger partial charge on any atom is 0.237 e. The quantitative estimate of drug-likeness (QED) is 0.669. The number of anilines is 2. The number of amidine groups is 1. The summed E-state index contributed by atoms with van der Waals surface area (Å²) in [6.45, 7) is 3.34. The van der Waals surface area contributed by atoms with Gasteiger partial charge in [-0.05, 0) is 24.3 Å². The highest BCUT2D eigenvalue weighted by molar-refractivity contribution is 6.13. The highest BCUT2D eigenvalue weighted by Gasteiger charge is 2.28. The molecule has 110 valence electrons. The SMILES string of the molecule is c1ccc(C2=NN(c3ccccc3)[13C]N2c2ccccc2)cc1. The first-order valence-electron chi connectivity index (χ1n) is 7.52. The highest BCUT2D eigenvalue weighted by atomic mass is 15.7. The van der Waals surface area contributed by atoms with E-state index in [0.29, 0.717) is 0 Å². The van der Waals surface area contributed by atoms with Gasteiger partial charge in [0.1, 0.15) is 0 Å². The minimum absolute atomic E-state index is 0.862. The molecule has 0 bridgehead atoms. The average Bonchev–Trinajstić information content (AvgIpc) is 3.09. The van der Waals surface area contributed by atoms with E-state index in [-0.39, 0.29) is 0 Å². The van der Waals surface area contributed by atoms with Crippen molar-refractivity contribution in [3.05, 3.63) is 103 Å². The summed E-state index contributed by atoms with van der Waals surface area (Å²) in [6, 6.07) is 30.4. The summed E-state index contributed by atoms with van der Waals surface area (Å²) < 4.78 is 0. The van der Waals surface area contributed by atoms with E-state index >= 15 is 0 Å². The lowest BCUT2D eigenvalue weighted by atomic mass is 10.2. The van der Waals surface area contributed by atoms with Crippen LogP contribution < -0.4 is 9.91 Å². The van der Waals surface area contributed by atoms with Crippen molar-refractivity contribution in [2.24, 2.45) is 5.10 Å². The minimum Gasteiger partial charge on any atom is -0.291 e. The molecule has 0 spiro atoms. The number of benzene rings is 3. The number of hydrazone groups is 1. The van der Waals surface area contributed by atoms with Gasteiger partial charge in [-0.2, -0.15) is 5.10 Å². The first-order chi connectivity index (χ1) is 11.4. The molecule has 0 amide bonds. The Balaban J connectivity index is 1.76. The van der Waals surface area contributed by atoms with Gasteiger partial charge < -0.3 is 0 Å². The molecular formula is C20H15N3. The van der Waals surface area contributed by atoms with Crippen LogP contribution >= 0.6 is 0 Å². The molecule has 0 unspecified atom stereocenters. The smallest absolute Gasteiger partial charge is 0.237 e. The van der Waals surface area contributed by atoms with Crippen LogP contribution in [-0.2, 0) is 0 Å². The molecule has 1 heterocycles. The lowest BCUT2D eigenvalue weighted by Gasteiger charge is -2.19. The zero-order chi connectivity index (χ0) is 15.5. The van der Waals surface area contributed by atoms with Gasteiger partial charge in [0.05, 0.1) is 5.69 Å². The van der Waals surface area contributed by atoms with Crippen molar-refractivity contribution < 1.29 is 0 Å². The van der Waals surface area contributed by atoms with Crippen molar-refractivity contribution in [3.63, 3.8) is 0 Å². The Bertz CT molecular complexity index is 798. The zero-order valence-corrected chi connectivity index (χ0v) is 12.5. The summed E-state index contributed by atoms with van der Waals surface area (Å²) in [5.41, 5.74) is 3.08. The van der Waals surface area contributed by atoms with Crippen LogP contribution in [0.1, 0.15) is 5.56 Å². The van der Waals surface area contributed by atoms with Gasteiger partial charge in [-0.15, -0.1) is 0 Å². The van der Waals surface area contributed by atoms with Crippen molar-refractivity contribution >= 4 is 17.2 Å². The highest BCUT2D eigenvalue weighted by Crippen LogP contribution is 2.29. The van der Waals surface area contributed by atoms with Gasteiger partial charge in [0.2, 0.25) is 6.67 Å². The molecule has 1 aliphatic heterocycles. The van der Waals surface area contributed by atoms with Crippen LogP contribution in [0.25, 0.3) is 0 Å². The normalized spacial score (nSPS) is 14.0. The minimum atomic E-state index is 0.862. The van der Waals surface area contributed by atoms with E-state index in [9.17, 15) is 0 Å². The molecule has 3 aromatic rings. The third-order valence-electron chi connectivity index (χ3n) is 3.65. The fourth-order valence-corrected chi connectivity index (χ4v) is 2.52. The predicted octanol–water partition coefficient (Wildman–Crippen LogP) is 4.37. The average molecular weight is 298 g/mol. The lowest BCUT2D eigenvalue weighted by molar-refractivity contribution is 1.02. The zero-order valence-electron chi connectivity index (χ0n) is 12.5. The van der Waals surface area contributed by atoms with Crippen LogP contribution in [0.4, 0.5) is 11.4 Å². The molecule has 0 fully saturated rings. The number of nitrogens with zero attached hydrogens (tertiary/aromatic N) is 3. The maximum absolute atomic E-state index is 4.75. The van der Waals surface area contributed by atoms with Crippen LogP contribution in [0.3, 0.4) is 0 Å². The third kappa shape index (κ3) is 2.69. The second-order valence-electron chi connectivity index (χ2n) is 5.21. The standard InChI is InChI=1S/C20H15N3/c1-4-10-17(11-5-1)20-21-23(19-14-8-3-9-15-19)16-22(20)18-12-6-2-7-13-18/h1-15H/i16+1. The molecule has 0 atom stereocenters. The van der Waals surface area contributed by atoms with Crippen LogP contribution in [0, 0.1) is 6.67 Å². The molecule has 3 nitrogen and oxygen atoms in total. The Labute approximate surface area is 136 Å². The predicted molar refractivity (Wildman–Crippen MR) is 94.1 cm³/mol. The summed E-state index contributed by atoms with van der Waals surface area (Å²) in [5, 5.41) is 6.54. The Kier molecular flexibility index (Phi) is 3.53. The largest absolute Gasteiger partial charge is 0.291 e. The van der Waals surface area contributed by atoms with Crippen molar-refractivity contribution in [1.82, 2.24) is 0 Å². The Morgan fingerprint density at radius 2 is 1.13 bits per heavy atom. The maximum atomic E-state index is 4.75. The van der Waals surface area contributed by atoms with E-state index in [0.717, 1.165) is 22.8 Å². The fraction of sp³-hybridized carbons (Fsp3) is 0. The Morgan fingerprint density at radius 1 is 0.609 bits per heavy atom. The molecule has 3 aromatic carbocycles. The van der Waals surface area contributed by atoms with E-state index in [1.54, 1.807) is 5.01 Å². The first kappa shape index (κ1) is 13.6. The molecule has 1 aliphatic rings. The Morgan fingerprint density at radius 3 is 1.74 bits per heavy atom. The third-order valence-corrected chi connectivity index (χ3v) is 3.65. The van der Waals surface area contributed by atoms with Gasteiger partial charge in [-0.25, -0.2) is 5.01 Å². The van der Waals surface area contributed by atoms with Gasteiger partial charge >= 0.3 is 0 Å². The number of hydrogen-bond donors (Lipinski definition) is 0. The summed E-state index contributed by atoms with van der Waals surface area (Å²) in [6.07, 6.45) is 0. The van der Waals surface area contributed by atoms with E-state index in [4.69, 9.17) is 5.10 Å². The molecule has 0 aliphatic carbocycles. The Hall–Kier alpha value is -3.07. The number of rotatable bonds is 3. The molecule has 0 aromatic heterocycles. The first-order valence-corrected chi connectivity index (χ1v) is 7.52. The summed E-state index contributed by atoms with van der Waals surface area (Å²) >= 11 is 0. The van der Waals surface area contributed by atoms with Crippen LogP contribution in [0.5, 0.6) is 0 Å². The molecule has 2 radical (unpaired) electrons. The van der Waals surface area contributed by atoms with Crippen LogP contribution in [0.15, 0.2) is 96.1 Å². The van der Waals surface area contributed by atoms with Crippen molar-refractivity contribution in [2.75, 3.05) is 9.91 Å². The van der Waals surface area contributed by atoms with Crippen LogP contribution in [-0.4, -0.2) is 5.84 Å². The number of hydrogen-bond acceptors (Lipinski definition) is 3. The van der Waals surface area contributed by atoms with E-state index < -0.39 is 0 Å². The van der Waals surface area contributed by atoms with Crippen molar-refractivity contribution in [1.29, 1.82) is 0 Å². The van der Waals surface area contributed by atoms with Gasteiger partial charge in [-0.1, -0.05) is 66.7 Å². The molecule has 4 rings (SSSR count). The van der Waals surface area contributed by atoms with Crippen molar-refractivity contribution in [2.45, 2.75) is 0 Å². The van der Waals surface area contributed by atoms with E-state index in [1.807, 2.05) is 71.6 Å². The second kappa shape index (κ2) is 5.97. The summed E-state index contributed by atoms with van der Waals surface area (Å²) in [5.74, 6) is 0.862. The molecule has 0 N–H and O–H groups in total. The van der Waals surface area contributed by atoms with Crippen LogP contribution in [0.2, 0.25) is 0 Å². The van der Waals surface area contributed by atoms with E-state index in [2.05, 4.69) is 30.9 Å². The van der Waals surface area contributed by atoms with Gasteiger partial charge in [0.25, 0.3) is 0 Å². The fourth-order valence-electron chi connectivity index (χ4n) is 2.52. The number of para-hydroxylation sites is 2. The lowest BCUT2D eigenvalue weighted by Crippen LogP contribution is -2.26. The summed E-state index contributed by atoms with van der Waals surface area (Å²) in [7, 11) is 0. The molecule has 3 heteroatoms. The second-order valence-corrected chi connectivity index (χ2v) is 5.21. The van der Waals surface area contributed by atoms with Gasteiger partial charge in [0, 0.05) is 11.3 Å². The van der Waals surface area contributed by atoms with Gasteiger partial charge in [0.15, 0.2) is 5.84 Å². The van der Waals surface area contributed by atoms with E-state index in [1.165, 1.54) is 0 Å². The molecule has 0 saturated heterocycles. The molecular weight excluding hydrogens is 283 g/mol. The summed E-state index contributed by atoms with van der Waals surface area (Å²) in [4.78, 5) is 1.99. The van der Waals surface area contributed by atoms with Gasteiger partial charge in [-0.3, -0.25) is 4.90 Å². The monoisotopic (exact) mass is 298 g/mol. The molecule has 0 saturated carbocycles.